The van der Waals surface area contributed by atoms with E-state index in [1.54, 1.807) is 6.07 Å². The first-order chi connectivity index (χ1) is 10.6. The zero-order valence-corrected chi connectivity index (χ0v) is 14.7. The Bertz CT molecular complexity index is 576. The number of aromatic hydroxyl groups is 1. The van der Waals surface area contributed by atoms with Crippen molar-refractivity contribution >= 4 is 6.09 Å². The third-order valence-electron chi connectivity index (χ3n) is 3.83. The van der Waals surface area contributed by atoms with Gasteiger partial charge in [-0.2, -0.15) is 0 Å². The Morgan fingerprint density at radius 1 is 1.30 bits per heavy atom. The van der Waals surface area contributed by atoms with Gasteiger partial charge in [-0.15, -0.1) is 0 Å². The summed E-state index contributed by atoms with van der Waals surface area (Å²) in [6.07, 6.45) is 1.56. The Kier molecular flexibility index (Phi) is 4.90. The van der Waals surface area contributed by atoms with Crippen molar-refractivity contribution < 1.29 is 14.6 Å². The van der Waals surface area contributed by atoms with E-state index < -0.39 is 17.2 Å². The van der Waals surface area contributed by atoms with Crippen molar-refractivity contribution in [2.24, 2.45) is 0 Å². The van der Waals surface area contributed by atoms with E-state index >= 15 is 0 Å². The molecule has 0 spiro atoms. The number of alkyl carbamates (subject to hydrolysis) is 1. The monoisotopic (exact) mass is 320 g/mol. The SMILES string of the molecule is CC(C)(CNC1CCc2cc(O)ccc21)NC(=O)OC(C)(C)C. The zero-order valence-electron chi connectivity index (χ0n) is 14.7. The Morgan fingerprint density at radius 3 is 2.65 bits per heavy atom. The number of nitrogens with one attached hydrogen (secondary N) is 2. The lowest BCUT2D eigenvalue weighted by Gasteiger charge is -2.30. The predicted octanol–water partition coefficient (Wildman–Crippen LogP) is 3.27. The number of amides is 1. The van der Waals surface area contributed by atoms with Crippen LogP contribution in [-0.4, -0.2) is 28.9 Å². The smallest absolute Gasteiger partial charge is 0.408 e. The second kappa shape index (κ2) is 6.40. The van der Waals surface area contributed by atoms with Crippen molar-refractivity contribution in [3.8, 4) is 5.75 Å². The maximum atomic E-state index is 11.9. The number of carbonyl (C=O) groups excluding carboxylic acids is 1. The van der Waals surface area contributed by atoms with Crippen LogP contribution in [0.25, 0.3) is 0 Å². The molecule has 0 aliphatic heterocycles. The number of fused-ring (bicyclic) bond motifs is 1. The van der Waals surface area contributed by atoms with Crippen molar-refractivity contribution in [2.45, 2.75) is 64.6 Å². The predicted molar refractivity (Wildman–Crippen MR) is 90.6 cm³/mol. The van der Waals surface area contributed by atoms with Crippen molar-refractivity contribution in [2.75, 3.05) is 6.54 Å². The van der Waals surface area contributed by atoms with Crippen LogP contribution in [0.5, 0.6) is 5.75 Å². The zero-order chi connectivity index (χ0) is 17.3. The molecule has 1 atom stereocenters. The molecule has 2 rings (SSSR count). The Balaban J connectivity index is 1.90. The highest BCUT2D eigenvalue weighted by Gasteiger charge is 2.28. The van der Waals surface area contributed by atoms with Crippen LogP contribution in [-0.2, 0) is 11.2 Å². The average Bonchev–Trinajstić information content (AvgIpc) is 2.75. The van der Waals surface area contributed by atoms with Crippen LogP contribution in [0, 0.1) is 0 Å². The molecule has 1 aliphatic rings. The van der Waals surface area contributed by atoms with E-state index in [0.29, 0.717) is 12.3 Å². The molecule has 0 radical (unpaired) electrons. The molecule has 0 aromatic heterocycles. The number of phenols is 1. The van der Waals surface area contributed by atoms with Gasteiger partial charge in [0.05, 0.1) is 5.54 Å². The first-order valence-corrected chi connectivity index (χ1v) is 8.12. The first kappa shape index (κ1) is 17.6. The lowest BCUT2D eigenvalue weighted by atomic mass is 10.0. The summed E-state index contributed by atoms with van der Waals surface area (Å²) >= 11 is 0. The molecule has 0 heterocycles. The summed E-state index contributed by atoms with van der Waals surface area (Å²) in [6, 6.07) is 5.79. The highest BCUT2D eigenvalue weighted by molar-refractivity contribution is 5.68. The molecule has 1 unspecified atom stereocenters. The van der Waals surface area contributed by atoms with Gasteiger partial charge in [-0.1, -0.05) is 6.07 Å². The van der Waals surface area contributed by atoms with Crippen LogP contribution in [0.15, 0.2) is 18.2 Å². The number of hydrogen-bond acceptors (Lipinski definition) is 4. The summed E-state index contributed by atoms with van der Waals surface area (Å²) < 4.78 is 5.31. The van der Waals surface area contributed by atoms with E-state index in [9.17, 15) is 9.90 Å². The molecular weight excluding hydrogens is 292 g/mol. The Morgan fingerprint density at radius 2 is 2.00 bits per heavy atom. The number of ether oxygens (including phenoxy) is 1. The number of rotatable bonds is 4. The molecule has 23 heavy (non-hydrogen) atoms. The molecule has 1 aromatic rings. The maximum absolute atomic E-state index is 11.9. The van der Waals surface area contributed by atoms with Gasteiger partial charge in [-0.3, -0.25) is 0 Å². The molecule has 3 N–H and O–H groups in total. The number of carbonyl (C=O) groups is 1. The molecule has 1 aromatic carbocycles. The van der Waals surface area contributed by atoms with Gasteiger partial charge < -0.3 is 20.5 Å². The van der Waals surface area contributed by atoms with Crippen molar-refractivity contribution in [3.63, 3.8) is 0 Å². The number of aryl methyl sites for hydroxylation is 1. The minimum Gasteiger partial charge on any atom is -0.508 e. The standard InChI is InChI=1S/C18H28N2O3/c1-17(2,3)23-16(22)20-18(4,5)11-19-15-9-6-12-10-13(21)7-8-14(12)15/h7-8,10,15,19,21H,6,9,11H2,1-5H3,(H,20,22). The molecule has 0 saturated carbocycles. The van der Waals surface area contributed by atoms with E-state index in [1.807, 2.05) is 46.8 Å². The fourth-order valence-corrected chi connectivity index (χ4v) is 2.82. The fraction of sp³-hybridized carbons (Fsp3) is 0.611. The summed E-state index contributed by atoms with van der Waals surface area (Å²) in [5.74, 6) is 0.316. The van der Waals surface area contributed by atoms with Crippen LogP contribution in [0.4, 0.5) is 4.79 Å². The lowest BCUT2D eigenvalue weighted by molar-refractivity contribution is 0.0470. The van der Waals surface area contributed by atoms with Gasteiger partial charge in [-0.05, 0) is 70.7 Å². The van der Waals surface area contributed by atoms with Gasteiger partial charge in [0.1, 0.15) is 11.4 Å². The number of hydrogen-bond donors (Lipinski definition) is 3. The van der Waals surface area contributed by atoms with Crippen molar-refractivity contribution in [1.29, 1.82) is 0 Å². The summed E-state index contributed by atoms with van der Waals surface area (Å²) in [5.41, 5.74) is 1.51. The fourth-order valence-electron chi connectivity index (χ4n) is 2.82. The van der Waals surface area contributed by atoms with Gasteiger partial charge in [0.2, 0.25) is 0 Å². The van der Waals surface area contributed by atoms with Gasteiger partial charge in [-0.25, -0.2) is 4.79 Å². The van der Waals surface area contributed by atoms with Crippen molar-refractivity contribution in [3.05, 3.63) is 29.3 Å². The quantitative estimate of drug-likeness (QED) is 0.796. The maximum Gasteiger partial charge on any atom is 0.408 e. The summed E-state index contributed by atoms with van der Waals surface area (Å²) in [4.78, 5) is 11.9. The van der Waals surface area contributed by atoms with E-state index in [2.05, 4.69) is 10.6 Å². The van der Waals surface area contributed by atoms with Crippen LogP contribution in [0.1, 0.15) is 58.2 Å². The molecule has 5 nitrogen and oxygen atoms in total. The van der Waals surface area contributed by atoms with Crippen molar-refractivity contribution in [1.82, 2.24) is 10.6 Å². The van der Waals surface area contributed by atoms with Crippen LogP contribution >= 0.6 is 0 Å². The van der Waals surface area contributed by atoms with Gasteiger partial charge in [0, 0.05) is 12.6 Å². The minimum atomic E-state index is -0.500. The third-order valence-corrected chi connectivity index (χ3v) is 3.83. The van der Waals surface area contributed by atoms with E-state index in [4.69, 9.17) is 4.74 Å². The number of benzene rings is 1. The number of phenolic OH excluding ortho intramolecular Hbond substituents is 1. The van der Waals surface area contributed by atoms with Gasteiger partial charge in [0.15, 0.2) is 0 Å². The molecule has 0 fully saturated rings. The molecule has 1 aliphatic carbocycles. The second-order valence-corrected chi connectivity index (χ2v) is 7.87. The molecule has 1 amide bonds. The highest BCUT2D eigenvalue weighted by Crippen LogP contribution is 2.33. The second-order valence-electron chi connectivity index (χ2n) is 7.87. The van der Waals surface area contributed by atoms with E-state index in [-0.39, 0.29) is 6.04 Å². The average molecular weight is 320 g/mol. The first-order valence-electron chi connectivity index (χ1n) is 8.12. The largest absolute Gasteiger partial charge is 0.508 e. The molecule has 128 valence electrons. The summed E-state index contributed by atoms with van der Waals surface area (Å²) in [6.45, 7) is 10.1. The minimum absolute atomic E-state index is 0.255. The van der Waals surface area contributed by atoms with Crippen LogP contribution in [0.3, 0.4) is 0 Å². The van der Waals surface area contributed by atoms with Crippen LogP contribution < -0.4 is 10.6 Å². The van der Waals surface area contributed by atoms with E-state index in [0.717, 1.165) is 12.8 Å². The van der Waals surface area contributed by atoms with Crippen LogP contribution in [0.2, 0.25) is 0 Å². The molecular formula is C18H28N2O3. The summed E-state index contributed by atoms with van der Waals surface area (Å²) in [7, 11) is 0. The summed E-state index contributed by atoms with van der Waals surface area (Å²) in [5, 5.41) is 16.0. The highest BCUT2D eigenvalue weighted by atomic mass is 16.6. The topological polar surface area (TPSA) is 70.6 Å². The molecule has 5 heteroatoms. The molecule has 0 bridgehead atoms. The third kappa shape index (κ3) is 5.13. The van der Waals surface area contributed by atoms with Gasteiger partial charge >= 0.3 is 6.09 Å². The Hall–Kier alpha value is -1.75. The van der Waals surface area contributed by atoms with E-state index in [1.165, 1.54) is 11.1 Å². The molecule has 0 saturated heterocycles. The normalized spacial score (nSPS) is 17.7. The Labute approximate surface area is 138 Å². The van der Waals surface area contributed by atoms with Gasteiger partial charge in [0.25, 0.3) is 0 Å². The lowest BCUT2D eigenvalue weighted by Crippen LogP contribution is -2.52.